The molecule has 0 aliphatic carbocycles. The fourth-order valence-corrected chi connectivity index (χ4v) is 4.80. The number of hydrogen-bond donors (Lipinski definition) is 0. The quantitative estimate of drug-likeness (QED) is 0.541. The molecular weight excluding hydrogens is 456 g/mol. The Morgan fingerprint density at radius 2 is 1.82 bits per heavy atom. The average Bonchev–Trinajstić information content (AvgIpc) is 3.37. The third-order valence-corrected chi connectivity index (χ3v) is 6.98. The van der Waals surface area contributed by atoms with Gasteiger partial charge in [-0.25, -0.2) is 0 Å². The second kappa shape index (κ2) is 11.7. The van der Waals surface area contributed by atoms with Crippen molar-refractivity contribution in [2.75, 3.05) is 46.0 Å². The Labute approximate surface area is 205 Å². The number of hydrogen-bond acceptors (Lipinski definition) is 5. The first kappa shape index (κ1) is 24.5. The Bertz CT molecular complexity index is 938. The molecule has 2 saturated heterocycles. The number of carbonyl (C=O) groups is 2. The summed E-state index contributed by atoms with van der Waals surface area (Å²) in [5.41, 5.74) is -0.316. The van der Waals surface area contributed by atoms with Crippen molar-refractivity contribution in [2.45, 2.75) is 38.6 Å². The number of rotatable bonds is 9. The molecule has 0 spiro atoms. The maximum atomic E-state index is 13.1. The Kier molecular flexibility index (Phi) is 8.45. The molecule has 9 heteroatoms. The zero-order valence-electron chi connectivity index (χ0n) is 19.5. The molecule has 0 unspecified atom stereocenters. The van der Waals surface area contributed by atoms with Gasteiger partial charge in [-0.05, 0) is 43.5 Å². The summed E-state index contributed by atoms with van der Waals surface area (Å²) in [5, 5.41) is 4.80. The van der Waals surface area contributed by atoms with Gasteiger partial charge in [0.05, 0.1) is 19.8 Å². The summed E-state index contributed by atoms with van der Waals surface area (Å²) in [5.74, 6) is 0.996. The van der Waals surface area contributed by atoms with Gasteiger partial charge in [0.2, 0.25) is 11.8 Å². The van der Waals surface area contributed by atoms with E-state index in [1.54, 1.807) is 12.3 Å². The normalized spacial score (nSPS) is 18.0. The molecule has 2 fully saturated rings. The van der Waals surface area contributed by atoms with Gasteiger partial charge in [-0.1, -0.05) is 17.7 Å². The molecule has 4 rings (SSSR count). The highest BCUT2D eigenvalue weighted by atomic mass is 35.5. The molecule has 1 aromatic heterocycles. The summed E-state index contributed by atoms with van der Waals surface area (Å²) in [6.07, 6.45) is 6.78. The van der Waals surface area contributed by atoms with Gasteiger partial charge in [0.15, 0.2) is 0 Å². The maximum Gasteiger partial charge on any atom is 0.223 e. The first-order chi connectivity index (χ1) is 16.5. The van der Waals surface area contributed by atoms with E-state index in [2.05, 4.69) is 5.10 Å². The van der Waals surface area contributed by atoms with E-state index in [0.29, 0.717) is 69.6 Å². The van der Waals surface area contributed by atoms with Crippen molar-refractivity contribution >= 4 is 23.4 Å². The second-order valence-electron chi connectivity index (χ2n) is 9.17. The molecular formula is C25H33ClN4O4. The zero-order valence-corrected chi connectivity index (χ0v) is 20.3. The average molecular weight is 489 g/mol. The zero-order chi connectivity index (χ0) is 23.8. The Morgan fingerprint density at radius 3 is 2.53 bits per heavy atom. The number of piperidine rings is 1. The van der Waals surface area contributed by atoms with Crippen molar-refractivity contribution in [3.63, 3.8) is 0 Å². The molecule has 0 radical (unpaired) electrons. The Hall–Kier alpha value is -2.58. The van der Waals surface area contributed by atoms with Gasteiger partial charge in [0, 0.05) is 68.4 Å². The molecule has 34 heavy (non-hydrogen) atoms. The van der Waals surface area contributed by atoms with Crippen LogP contribution in [0.1, 0.15) is 32.1 Å². The standard InChI is InChI=1S/C25H33ClN4O4/c26-21-4-1-5-22(18-21)34-20-25(19-24(32)29-14-16-33-17-15-29)7-12-28(13-8-25)23(31)6-2-10-30-11-3-9-27-30/h1,3-5,9,11,18H,2,6-8,10,12-17,19-20H2. The van der Waals surface area contributed by atoms with Crippen LogP contribution in [0.4, 0.5) is 0 Å². The summed E-state index contributed by atoms with van der Waals surface area (Å²) in [4.78, 5) is 29.7. The van der Waals surface area contributed by atoms with Crippen LogP contribution in [0.2, 0.25) is 5.02 Å². The van der Waals surface area contributed by atoms with Crippen molar-refractivity contribution in [1.82, 2.24) is 19.6 Å². The van der Waals surface area contributed by atoms with Crippen LogP contribution in [-0.4, -0.2) is 77.4 Å². The minimum absolute atomic E-state index is 0.136. The molecule has 0 atom stereocenters. The van der Waals surface area contributed by atoms with E-state index in [4.69, 9.17) is 21.1 Å². The van der Waals surface area contributed by atoms with Crippen molar-refractivity contribution in [1.29, 1.82) is 0 Å². The fraction of sp³-hybridized carbons (Fsp3) is 0.560. The highest BCUT2D eigenvalue weighted by molar-refractivity contribution is 6.30. The third kappa shape index (κ3) is 6.73. The molecule has 0 saturated carbocycles. The van der Waals surface area contributed by atoms with Crippen molar-refractivity contribution < 1.29 is 19.1 Å². The number of likely N-dealkylation sites (tertiary alicyclic amines) is 1. The lowest BCUT2D eigenvalue weighted by molar-refractivity contribution is -0.141. The van der Waals surface area contributed by atoms with E-state index < -0.39 is 0 Å². The van der Waals surface area contributed by atoms with Crippen LogP contribution in [0.5, 0.6) is 5.75 Å². The van der Waals surface area contributed by atoms with Crippen LogP contribution in [0.3, 0.4) is 0 Å². The molecule has 2 amide bonds. The number of halogens is 1. The predicted molar refractivity (Wildman–Crippen MR) is 129 cm³/mol. The monoisotopic (exact) mass is 488 g/mol. The lowest BCUT2D eigenvalue weighted by Crippen LogP contribution is -2.49. The van der Waals surface area contributed by atoms with E-state index in [9.17, 15) is 9.59 Å². The van der Waals surface area contributed by atoms with E-state index >= 15 is 0 Å². The molecule has 2 aromatic rings. The summed E-state index contributed by atoms with van der Waals surface area (Å²) >= 11 is 6.11. The van der Waals surface area contributed by atoms with Crippen molar-refractivity contribution in [3.8, 4) is 5.75 Å². The lowest BCUT2D eigenvalue weighted by Gasteiger charge is -2.42. The first-order valence-electron chi connectivity index (χ1n) is 12.0. The van der Waals surface area contributed by atoms with Gasteiger partial charge >= 0.3 is 0 Å². The molecule has 184 valence electrons. The van der Waals surface area contributed by atoms with E-state index in [0.717, 1.165) is 25.8 Å². The maximum absolute atomic E-state index is 13.1. The number of morpholine rings is 1. The largest absolute Gasteiger partial charge is 0.493 e. The van der Waals surface area contributed by atoms with Gasteiger partial charge in [0.1, 0.15) is 5.75 Å². The van der Waals surface area contributed by atoms with Gasteiger partial charge in [0.25, 0.3) is 0 Å². The summed E-state index contributed by atoms with van der Waals surface area (Å²) < 4.78 is 13.4. The van der Waals surface area contributed by atoms with Crippen LogP contribution in [0.15, 0.2) is 42.7 Å². The minimum Gasteiger partial charge on any atom is -0.493 e. The van der Waals surface area contributed by atoms with E-state index in [1.165, 1.54) is 0 Å². The topological polar surface area (TPSA) is 76.9 Å². The second-order valence-corrected chi connectivity index (χ2v) is 9.61. The number of nitrogens with zero attached hydrogens (tertiary/aromatic N) is 4. The molecule has 0 N–H and O–H groups in total. The minimum atomic E-state index is -0.316. The molecule has 8 nitrogen and oxygen atoms in total. The Morgan fingerprint density at radius 1 is 1.06 bits per heavy atom. The molecule has 1 aromatic carbocycles. The molecule has 3 heterocycles. The summed E-state index contributed by atoms with van der Waals surface area (Å²) in [7, 11) is 0. The molecule has 2 aliphatic rings. The highest BCUT2D eigenvalue weighted by Gasteiger charge is 2.39. The highest BCUT2D eigenvalue weighted by Crippen LogP contribution is 2.37. The van der Waals surface area contributed by atoms with Crippen molar-refractivity contribution in [2.24, 2.45) is 5.41 Å². The van der Waals surface area contributed by atoms with Gasteiger partial charge in [-0.2, -0.15) is 5.10 Å². The van der Waals surface area contributed by atoms with Crippen LogP contribution in [0.25, 0.3) is 0 Å². The number of amides is 2. The molecule has 0 bridgehead atoms. The van der Waals surface area contributed by atoms with Gasteiger partial charge in [-0.3, -0.25) is 14.3 Å². The van der Waals surface area contributed by atoms with Crippen molar-refractivity contribution in [3.05, 3.63) is 47.7 Å². The van der Waals surface area contributed by atoms with E-state index in [-0.39, 0.29) is 17.2 Å². The SMILES string of the molecule is O=C(CCCn1cccn1)N1CCC(COc2cccc(Cl)c2)(CC(=O)N2CCOCC2)CC1. The number of benzene rings is 1. The number of ether oxygens (including phenoxy) is 2. The first-order valence-corrected chi connectivity index (χ1v) is 12.4. The molecule has 2 aliphatic heterocycles. The van der Waals surface area contributed by atoms with Crippen LogP contribution < -0.4 is 4.74 Å². The predicted octanol–water partition coefficient (Wildman–Crippen LogP) is 3.25. The van der Waals surface area contributed by atoms with Gasteiger partial charge in [-0.15, -0.1) is 0 Å². The lowest BCUT2D eigenvalue weighted by atomic mass is 9.75. The third-order valence-electron chi connectivity index (χ3n) is 6.74. The fourth-order valence-electron chi connectivity index (χ4n) is 4.62. The van der Waals surface area contributed by atoms with Gasteiger partial charge < -0.3 is 19.3 Å². The number of aromatic nitrogens is 2. The van der Waals surface area contributed by atoms with Crippen LogP contribution >= 0.6 is 11.6 Å². The van der Waals surface area contributed by atoms with Crippen LogP contribution in [-0.2, 0) is 20.9 Å². The van der Waals surface area contributed by atoms with E-state index in [1.807, 2.05) is 44.9 Å². The van der Waals surface area contributed by atoms with Crippen LogP contribution in [0, 0.1) is 5.41 Å². The Balaban J connectivity index is 1.35. The number of aryl methyl sites for hydroxylation is 1. The summed E-state index contributed by atoms with van der Waals surface area (Å²) in [6, 6.07) is 9.21. The smallest absolute Gasteiger partial charge is 0.223 e. The number of carbonyl (C=O) groups excluding carboxylic acids is 2. The summed E-state index contributed by atoms with van der Waals surface area (Å²) in [6.45, 7) is 4.85.